The molecule has 0 radical (unpaired) electrons. The van der Waals surface area contributed by atoms with Crippen LogP contribution in [-0.4, -0.2) is 26.1 Å². The zero-order chi connectivity index (χ0) is 12.4. The van der Waals surface area contributed by atoms with E-state index in [1.165, 1.54) is 0 Å². The highest BCUT2D eigenvalue weighted by atomic mass is 16.4. The second-order valence-electron chi connectivity index (χ2n) is 3.94. The largest absolute Gasteiger partial charge is 0.481 e. The topological polar surface area (TPSA) is 68.0 Å². The molecule has 0 saturated carbocycles. The summed E-state index contributed by atoms with van der Waals surface area (Å²) in [6.07, 6.45) is -0.0996. The molecule has 2 aromatic rings. The van der Waals surface area contributed by atoms with Crippen molar-refractivity contribution in [2.24, 2.45) is 0 Å². The maximum atomic E-state index is 10.6. The predicted molar refractivity (Wildman–Crippen MR) is 62.2 cm³/mol. The van der Waals surface area contributed by atoms with Gasteiger partial charge in [0.25, 0.3) is 0 Å². The third kappa shape index (κ3) is 2.33. The van der Waals surface area contributed by atoms with Gasteiger partial charge in [0.2, 0.25) is 0 Å². The molecule has 0 unspecified atom stereocenters. The van der Waals surface area contributed by atoms with Crippen LogP contribution >= 0.6 is 0 Å². The fourth-order valence-electron chi connectivity index (χ4n) is 1.67. The molecule has 0 spiro atoms. The highest BCUT2D eigenvalue weighted by molar-refractivity contribution is 5.69. The minimum atomic E-state index is -0.899. The summed E-state index contributed by atoms with van der Waals surface area (Å²) in [4.78, 5) is 10.6. The molecular formula is C12H13N3O2. The van der Waals surface area contributed by atoms with Gasteiger partial charge in [0, 0.05) is 0 Å². The van der Waals surface area contributed by atoms with Crippen LogP contribution in [0.3, 0.4) is 0 Å². The quantitative estimate of drug-likeness (QED) is 0.869. The van der Waals surface area contributed by atoms with Crippen LogP contribution in [0.2, 0.25) is 0 Å². The molecule has 88 valence electrons. The minimum absolute atomic E-state index is 0.0996. The van der Waals surface area contributed by atoms with Crippen molar-refractivity contribution in [3.8, 4) is 5.69 Å². The first-order chi connectivity index (χ1) is 8.08. The molecule has 1 heterocycles. The summed E-state index contributed by atoms with van der Waals surface area (Å²) < 4.78 is 1.66. The lowest BCUT2D eigenvalue weighted by Gasteiger charge is -2.04. The Morgan fingerprint density at radius 2 is 2.18 bits per heavy atom. The van der Waals surface area contributed by atoms with Crippen molar-refractivity contribution in [2.75, 3.05) is 0 Å². The second-order valence-corrected chi connectivity index (χ2v) is 3.94. The first-order valence-electron chi connectivity index (χ1n) is 5.28. The molecule has 1 aromatic heterocycles. The third-order valence-corrected chi connectivity index (χ3v) is 2.56. The highest BCUT2D eigenvalue weighted by Crippen LogP contribution is 2.13. The van der Waals surface area contributed by atoms with Crippen LogP contribution in [0.25, 0.3) is 5.69 Å². The molecule has 0 aliphatic heterocycles. The van der Waals surface area contributed by atoms with E-state index in [2.05, 4.69) is 10.3 Å². The molecule has 0 saturated heterocycles. The maximum absolute atomic E-state index is 10.6. The molecule has 17 heavy (non-hydrogen) atoms. The minimum Gasteiger partial charge on any atom is -0.481 e. The lowest BCUT2D eigenvalue weighted by molar-refractivity contribution is -0.136. The maximum Gasteiger partial charge on any atom is 0.309 e. The van der Waals surface area contributed by atoms with Gasteiger partial charge in [-0.25, -0.2) is 4.68 Å². The first kappa shape index (κ1) is 11.3. The number of aliphatic carboxylic acids is 1. The summed E-state index contributed by atoms with van der Waals surface area (Å²) in [5, 5.41) is 16.6. The molecule has 0 aliphatic carbocycles. The zero-order valence-corrected chi connectivity index (χ0v) is 9.71. The van der Waals surface area contributed by atoms with Crippen molar-refractivity contribution in [2.45, 2.75) is 20.3 Å². The van der Waals surface area contributed by atoms with Crippen LogP contribution in [0.1, 0.15) is 17.0 Å². The van der Waals surface area contributed by atoms with Crippen LogP contribution in [0, 0.1) is 13.8 Å². The second kappa shape index (κ2) is 4.37. The summed E-state index contributed by atoms with van der Waals surface area (Å²) in [5.41, 5.74) is 3.28. The molecule has 0 aliphatic rings. The van der Waals surface area contributed by atoms with Crippen molar-refractivity contribution < 1.29 is 9.90 Å². The van der Waals surface area contributed by atoms with E-state index in [9.17, 15) is 4.79 Å². The van der Waals surface area contributed by atoms with Gasteiger partial charge in [-0.2, -0.15) is 0 Å². The van der Waals surface area contributed by atoms with E-state index in [1.807, 2.05) is 38.1 Å². The number of carboxylic acids is 1. The number of benzene rings is 1. The van der Waals surface area contributed by atoms with Gasteiger partial charge in [-0.05, 0) is 31.5 Å². The average molecular weight is 231 g/mol. The Labute approximate surface area is 98.7 Å². The van der Waals surface area contributed by atoms with E-state index >= 15 is 0 Å². The molecule has 1 aromatic carbocycles. The zero-order valence-electron chi connectivity index (χ0n) is 9.71. The Hall–Kier alpha value is -2.17. The normalized spacial score (nSPS) is 10.5. The molecule has 2 rings (SSSR count). The van der Waals surface area contributed by atoms with Gasteiger partial charge in [0.05, 0.1) is 23.5 Å². The Morgan fingerprint density at radius 1 is 1.41 bits per heavy atom. The van der Waals surface area contributed by atoms with E-state index in [0.29, 0.717) is 5.69 Å². The number of carbonyl (C=O) groups is 1. The predicted octanol–water partition coefficient (Wildman–Crippen LogP) is 1.51. The van der Waals surface area contributed by atoms with Crippen LogP contribution in [0.4, 0.5) is 0 Å². The smallest absolute Gasteiger partial charge is 0.309 e. The Kier molecular flexibility index (Phi) is 2.91. The van der Waals surface area contributed by atoms with Crippen molar-refractivity contribution in [1.82, 2.24) is 15.0 Å². The van der Waals surface area contributed by atoms with Crippen LogP contribution in [-0.2, 0) is 11.2 Å². The van der Waals surface area contributed by atoms with Crippen molar-refractivity contribution >= 4 is 5.97 Å². The highest BCUT2D eigenvalue weighted by Gasteiger charge is 2.12. The van der Waals surface area contributed by atoms with Crippen molar-refractivity contribution in [1.29, 1.82) is 0 Å². The summed E-state index contributed by atoms with van der Waals surface area (Å²) in [7, 11) is 0. The molecule has 0 fully saturated rings. The van der Waals surface area contributed by atoms with E-state index in [0.717, 1.165) is 16.9 Å². The fraction of sp³-hybridized carbons (Fsp3) is 0.250. The molecular weight excluding hydrogens is 218 g/mol. The average Bonchev–Trinajstić information content (AvgIpc) is 2.60. The van der Waals surface area contributed by atoms with Gasteiger partial charge in [-0.15, -0.1) is 5.10 Å². The number of aryl methyl sites for hydroxylation is 1. The summed E-state index contributed by atoms with van der Waals surface area (Å²) in [5.74, 6) is -0.899. The number of rotatable bonds is 3. The van der Waals surface area contributed by atoms with E-state index < -0.39 is 5.97 Å². The molecule has 0 amide bonds. The number of carboxylic acid groups (broad SMARTS) is 1. The van der Waals surface area contributed by atoms with Gasteiger partial charge in [0.1, 0.15) is 0 Å². The van der Waals surface area contributed by atoms with Crippen LogP contribution in [0.15, 0.2) is 24.3 Å². The Bertz CT molecular complexity index is 561. The number of hydrogen-bond acceptors (Lipinski definition) is 3. The van der Waals surface area contributed by atoms with Gasteiger partial charge >= 0.3 is 5.97 Å². The first-order valence-corrected chi connectivity index (χ1v) is 5.28. The molecule has 5 heteroatoms. The standard InChI is InChI=1S/C12H13N3O2/c1-8-4-3-5-10(6-8)15-9(2)11(13-14-15)7-12(16)17/h3-6H,7H2,1-2H3,(H,16,17). The SMILES string of the molecule is Cc1cccc(-n2nnc(CC(=O)O)c2C)c1. The summed E-state index contributed by atoms with van der Waals surface area (Å²) in [6.45, 7) is 3.81. The van der Waals surface area contributed by atoms with E-state index in [1.54, 1.807) is 4.68 Å². The molecule has 0 atom stereocenters. The summed E-state index contributed by atoms with van der Waals surface area (Å²) >= 11 is 0. The van der Waals surface area contributed by atoms with Gasteiger partial charge in [0.15, 0.2) is 0 Å². The monoisotopic (exact) mass is 231 g/mol. The van der Waals surface area contributed by atoms with Crippen molar-refractivity contribution in [3.05, 3.63) is 41.2 Å². The van der Waals surface area contributed by atoms with Crippen LogP contribution in [0.5, 0.6) is 0 Å². The Morgan fingerprint density at radius 3 is 2.82 bits per heavy atom. The van der Waals surface area contributed by atoms with Crippen LogP contribution < -0.4 is 0 Å². The molecule has 1 N–H and O–H groups in total. The third-order valence-electron chi connectivity index (χ3n) is 2.56. The lowest BCUT2D eigenvalue weighted by atomic mass is 10.2. The van der Waals surface area contributed by atoms with Crippen molar-refractivity contribution in [3.63, 3.8) is 0 Å². The fourth-order valence-corrected chi connectivity index (χ4v) is 1.67. The van der Waals surface area contributed by atoms with Gasteiger partial charge < -0.3 is 5.11 Å². The molecule has 5 nitrogen and oxygen atoms in total. The number of hydrogen-bond donors (Lipinski definition) is 1. The number of aromatic nitrogens is 3. The number of nitrogens with zero attached hydrogens (tertiary/aromatic N) is 3. The summed E-state index contributed by atoms with van der Waals surface area (Å²) in [6, 6.07) is 7.82. The molecule has 0 bridgehead atoms. The van der Waals surface area contributed by atoms with Gasteiger partial charge in [-0.3, -0.25) is 4.79 Å². The Balaban J connectivity index is 2.40. The van der Waals surface area contributed by atoms with E-state index in [-0.39, 0.29) is 6.42 Å². The van der Waals surface area contributed by atoms with E-state index in [4.69, 9.17) is 5.11 Å². The lowest BCUT2D eigenvalue weighted by Crippen LogP contribution is -2.03. The van der Waals surface area contributed by atoms with Gasteiger partial charge in [-0.1, -0.05) is 17.3 Å².